The molecule has 2 aromatic heterocycles. The third-order valence-electron chi connectivity index (χ3n) is 2.59. The first kappa shape index (κ1) is 12.0. The number of aromatic nitrogens is 4. The summed E-state index contributed by atoms with van der Waals surface area (Å²) in [6.45, 7) is 2.84. The van der Waals surface area contributed by atoms with E-state index in [1.807, 2.05) is 18.7 Å². The van der Waals surface area contributed by atoms with Gasteiger partial charge in [0, 0.05) is 6.54 Å². The van der Waals surface area contributed by atoms with Gasteiger partial charge in [0.1, 0.15) is 5.69 Å². The van der Waals surface area contributed by atoms with E-state index in [1.165, 1.54) is 11.5 Å². The van der Waals surface area contributed by atoms with E-state index in [0.717, 1.165) is 22.9 Å². The topological polar surface area (TPSA) is 64.9 Å². The Morgan fingerprint density at radius 3 is 2.88 bits per heavy atom. The summed E-state index contributed by atoms with van der Waals surface area (Å²) in [5, 5.41) is 11.4. The van der Waals surface area contributed by atoms with Gasteiger partial charge in [0.05, 0.1) is 30.4 Å². The molecule has 0 fully saturated rings. The number of nitrogens with one attached hydrogen (secondary N) is 1. The van der Waals surface area contributed by atoms with Crippen molar-refractivity contribution in [1.82, 2.24) is 24.7 Å². The monoisotopic (exact) mass is 253 g/mol. The Labute approximate surface area is 104 Å². The van der Waals surface area contributed by atoms with Crippen molar-refractivity contribution in [2.45, 2.75) is 19.5 Å². The summed E-state index contributed by atoms with van der Waals surface area (Å²) in [6, 6.07) is 0.00685. The maximum atomic E-state index is 5.35. The molecule has 0 saturated heterocycles. The van der Waals surface area contributed by atoms with Crippen molar-refractivity contribution < 1.29 is 4.74 Å². The van der Waals surface area contributed by atoms with Gasteiger partial charge in [-0.15, -0.1) is 5.10 Å². The fourth-order valence-corrected chi connectivity index (χ4v) is 2.41. The molecule has 1 atom stereocenters. The van der Waals surface area contributed by atoms with Gasteiger partial charge in [0.25, 0.3) is 0 Å². The molecule has 0 aliphatic carbocycles. The zero-order chi connectivity index (χ0) is 12.3. The van der Waals surface area contributed by atoms with Crippen molar-refractivity contribution in [2.24, 2.45) is 0 Å². The molecule has 7 heteroatoms. The quantitative estimate of drug-likeness (QED) is 0.863. The van der Waals surface area contributed by atoms with E-state index in [9.17, 15) is 0 Å². The van der Waals surface area contributed by atoms with Gasteiger partial charge in [0.15, 0.2) is 5.75 Å². The van der Waals surface area contributed by atoms with E-state index >= 15 is 0 Å². The normalized spacial score (nSPS) is 12.6. The van der Waals surface area contributed by atoms with Gasteiger partial charge in [-0.3, -0.25) is 4.68 Å². The van der Waals surface area contributed by atoms with Crippen molar-refractivity contribution in [1.29, 1.82) is 0 Å². The maximum Gasteiger partial charge on any atom is 0.161 e. The van der Waals surface area contributed by atoms with Gasteiger partial charge in [0.2, 0.25) is 0 Å². The first-order chi connectivity index (χ1) is 8.31. The highest BCUT2D eigenvalue weighted by molar-refractivity contribution is 7.05. The maximum absolute atomic E-state index is 5.35. The predicted octanol–water partition coefficient (Wildman–Crippen LogP) is 1.07. The standard InChI is InChI=1S/C10H15N5OS/c1-4-15-10(7(16-3)5-13-15)9(11-2)8-6-12-14-17-8/h5-6,9,11H,4H2,1-3H3. The van der Waals surface area contributed by atoms with E-state index in [2.05, 4.69) is 20.0 Å². The smallest absolute Gasteiger partial charge is 0.161 e. The van der Waals surface area contributed by atoms with E-state index in [1.54, 1.807) is 19.5 Å². The van der Waals surface area contributed by atoms with Gasteiger partial charge in [-0.2, -0.15) is 5.10 Å². The molecule has 1 unspecified atom stereocenters. The molecule has 0 aliphatic rings. The minimum atomic E-state index is 0.00685. The number of ether oxygens (including phenoxy) is 1. The molecule has 17 heavy (non-hydrogen) atoms. The highest BCUT2D eigenvalue weighted by Gasteiger charge is 2.23. The van der Waals surface area contributed by atoms with Gasteiger partial charge in [-0.05, 0) is 25.5 Å². The first-order valence-electron chi connectivity index (χ1n) is 5.36. The van der Waals surface area contributed by atoms with Gasteiger partial charge in [-0.25, -0.2) is 0 Å². The van der Waals surface area contributed by atoms with E-state index in [4.69, 9.17) is 4.74 Å². The minimum Gasteiger partial charge on any atom is -0.493 e. The van der Waals surface area contributed by atoms with Crippen LogP contribution in [0.3, 0.4) is 0 Å². The van der Waals surface area contributed by atoms with Crippen LogP contribution < -0.4 is 10.1 Å². The summed E-state index contributed by atoms with van der Waals surface area (Å²) in [4.78, 5) is 1.04. The zero-order valence-electron chi connectivity index (χ0n) is 10.0. The number of nitrogens with zero attached hydrogens (tertiary/aromatic N) is 4. The van der Waals surface area contributed by atoms with Crippen molar-refractivity contribution >= 4 is 11.5 Å². The molecule has 2 aromatic rings. The second kappa shape index (κ2) is 5.24. The average Bonchev–Trinajstić information content (AvgIpc) is 2.99. The Kier molecular flexibility index (Phi) is 3.70. The molecule has 0 aromatic carbocycles. The van der Waals surface area contributed by atoms with Crippen molar-refractivity contribution in [3.05, 3.63) is 23.0 Å². The molecule has 0 radical (unpaired) electrons. The van der Waals surface area contributed by atoms with Gasteiger partial charge in [-0.1, -0.05) is 4.49 Å². The van der Waals surface area contributed by atoms with Crippen LogP contribution in [-0.2, 0) is 6.54 Å². The molecular weight excluding hydrogens is 238 g/mol. The van der Waals surface area contributed by atoms with E-state index in [0.29, 0.717) is 0 Å². The van der Waals surface area contributed by atoms with Crippen LogP contribution in [0.5, 0.6) is 5.75 Å². The molecule has 92 valence electrons. The largest absolute Gasteiger partial charge is 0.493 e. The lowest BCUT2D eigenvalue weighted by Crippen LogP contribution is -2.21. The summed E-state index contributed by atoms with van der Waals surface area (Å²) in [6.07, 6.45) is 3.50. The minimum absolute atomic E-state index is 0.00685. The Balaban J connectivity index is 2.46. The van der Waals surface area contributed by atoms with Crippen LogP contribution in [0.2, 0.25) is 0 Å². The van der Waals surface area contributed by atoms with Crippen molar-refractivity contribution in [3.63, 3.8) is 0 Å². The van der Waals surface area contributed by atoms with Crippen LogP contribution in [-0.4, -0.2) is 33.5 Å². The van der Waals surface area contributed by atoms with Crippen LogP contribution in [0.4, 0.5) is 0 Å². The first-order valence-corrected chi connectivity index (χ1v) is 6.13. The van der Waals surface area contributed by atoms with E-state index < -0.39 is 0 Å². The molecule has 0 saturated carbocycles. The molecule has 0 aliphatic heterocycles. The number of hydrogen-bond acceptors (Lipinski definition) is 6. The summed E-state index contributed by atoms with van der Waals surface area (Å²) in [5.74, 6) is 0.777. The Bertz CT molecular complexity index is 446. The third kappa shape index (κ3) is 2.16. The number of hydrogen-bond donors (Lipinski definition) is 1. The van der Waals surface area contributed by atoms with Gasteiger partial charge < -0.3 is 10.1 Å². The summed E-state index contributed by atoms with van der Waals surface area (Å²) in [5.41, 5.74) is 1.00. The van der Waals surface area contributed by atoms with Crippen LogP contribution in [0.1, 0.15) is 23.5 Å². The zero-order valence-corrected chi connectivity index (χ0v) is 10.9. The van der Waals surface area contributed by atoms with Crippen LogP contribution >= 0.6 is 11.5 Å². The fourth-order valence-electron chi connectivity index (χ4n) is 1.79. The second-order valence-electron chi connectivity index (χ2n) is 3.46. The Morgan fingerprint density at radius 2 is 2.35 bits per heavy atom. The SMILES string of the molecule is CCn1ncc(OC)c1C(NC)c1cnns1. The highest BCUT2D eigenvalue weighted by atomic mass is 32.1. The van der Waals surface area contributed by atoms with Gasteiger partial charge >= 0.3 is 0 Å². The summed E-state index contributed by atoms with van der Waals surface area (Å²) >= 11 is 1.37. The lowest BCUT2D eigenvalue weighted by molar-refractivity contribution is 0.401. The van der Waals surface area contributed by atoms with E-state index in [-0.39, 0.29) is 6.04 Å². The van der Waals surface area contributed by atoms with Crippen LogP contribution in [0, 0.1) is 0 Å². The lowest BCUT2D eigenvalue weighted by Gasteiger charge is -2.16. The highest BCUT2D eigenvalue weighted by Crippen LogP contribution is 2.30. The molecule has 1 N–H and O–H groups in total. The Morgan fingerprint density at radius 1 is 1.53 bits per heavy atom. The second-order valence-corrected chi connectivity index (χ2v) is 4.27. The molecule has 0 bridgehead atoms. The average molecular weight is 253 g/mol. The molecule has 0 spiro atoms. The number of aryl methyl sites for hydroxylation is 1. The molecule has 6 nitrogen and oxygen atoms in total. The molecular formula is C10H15N5OS. The summed E-state index contributed by atoms with van der Waals surface area (Å²) < 4.78 is 11.2. The fraction of sp³-hybridized carbons (Fsp3) is 0.500. The van der Waals surface area contributed by atoms with Crippen molar-refractivity contribution in [3.8, 4) is 5.75 Å². The molecule has 2 rings (SSSR count). The molecule has 2 heterocycles. The summed E-state index contributed by atoms with van der Waals surface area (Å²) in [7, 11) is 3.55. The number of rotatable bonds is 5. The van der Waals surface area contributed by atoms with Crippen molar-refractivity contribution in [2.75, 3.05) is 14.2 Å². The lowest BCUT2D eigenvalue weighted by atomic mass is 10.1. The Hall–Kier alpha value is -1.47. The van der Waals surface area contributed by atoms with Crippen LogP contribution in [0.25, 0.3) is 0 Å². The van der Waals surface area contributed by atoms with Crippen LogP contribution in [0.15, 0.2) is 12.4 Å². The number of methoxy groups -OCH3 is 1. The third-order valence-corrected chi connectivity index (χ3v) is 3.32. The molecule has 0 amide bonds. The predicted molar refractivity (Wildman–Crippen MR) is 65.3 cm³/mol.